The molecule has 2 aliphatic rings. The average molecular weight is 232 g/mol. The van der Waals surface area contributed by atoms with E-state index < -0.39 is 0 Å². The number of cyclic esters (lactones) is 1. The molecule has 0 fully saturated rings. The van der Waals surface area contributed by atoms with E-state index in [1.54, 1.807) is 0 Å². The Morgan fingerprint density at radius 3 is 2.62 bits per heavy atom. The quantitative estimate of drug-likeness (QED) is 0.526. The van der Waals surface area contributed by atoms with E-state index in [1.165, 1.54) is 0 Å². The lowest BCUT2D eigenvalue weighted by molar-refractivity contribution is -0.135. The van der Waals surface area contributed by atoms with E-state index in [-0.39, 0.29) is 12.6 Å². The van der Waals surface area contributed by atoms with E-state index in [2.05, 4.69) is 10.6 Å². The Balaban J connectivity index is 2.12. The van der Waals surface area contributed by atoms with Crippen LogP contribution in [0.4, 0.5) is 11.4 Å². The fourth-order valence-corrected chi connectivity index (χ4v) is 2.10. The molecule has 1 aromatic rings. The lowest BCUT2D eigenvalue weighted by Crippen LogP contribution is -2.16. The lowest BCUT2D eigenvalue weighted by atomic mass is 10.2. The minimum absolute atomic E-state index is 0.254. The van der Waals surface area contributed by atoms with Crippen LogP contribution in [-0.2, 0) is 9.53 Å². The van der Waals surface area contributed by atoms with Crippen molar-refractivity contribution in [2.24, 2.45) is 0 Å². The Labute approximate surface area is 97.3 Å². The number of hydrogen-bond acceptors (Lipinski definition) is 4. The summed E-state index contributed by atoms with van der Waals surface area (Å²) >= 11 is 5.17. The summed E-state index contributed by atoms with van der Waals surface area (Å²) in [6.07, 6.45) is 0. The molecular weight excluding hydrogens is 224 g/mol. The number of nitrogens with one attached hydrogen (secondary N) is 2. The molecule has 80 valence electrons. The SMILES string of the molecule is O=C1OCC2=C1C(=S)Nc1ccccc1N2. The fourth-order valence-electron chi connectivity index (χ4n) is 1.78. The number of ether oxygens (including phenoxy) is 1. The van der Waals surface area contributed by atoms with E-state index in [4.69, 9.17) is 17.0 Å². The molecule has 0 aromatic heterocycles. The van der Waals surface area contributed by atoms with Gasteiger partial charge in [-0.05, 0) is 12.1 Å². The maximum absolute atomic E-state index is 11.5. The van der Waals surface area contributed by atoms with E-state index in [1.807, 2.05) is 24.3 Å². The number of benzene rings is 1. The van der Waals surface area contributed by atoms with Gasteiger partial charge in [-0.25, -0.2) is 4.79 Å². The van der Waals surface area contributed by atoms with Gasteiger partial charge in [-0.3, -0.25) is 0 Å². The van der Waals surface area contributed by atoms with Crippen LogP contribution in [0.2, 0.25) is 0 Å². The summed E-state index contributed by atoms with van der Waals surface area (Å²) in [6.45, 7) is 0.254. The van der Waals surface area contributed by atoms with Gasteiger partial charge >= 0.3 is 5.97 Å². The molecule has 1 aromatic carbocycles. The zero-order chi connectivity index (χ0) is 11.1. The molecule has 0 radical (unpaired) electrons. The highest BCUT2D eigenvalue weighted by Gasteiger charge is 2.31. The van der Waals surface area contributed by atoms with Gasteiger partial charge in [-0.1, -0.05) is 24.4 Å². The van der Waals surface area contributed by atoms with Gasteiger partial charge in [0.25, 0.3) is 0 Å². The third-order valence-electron chi connectivity index (χ3n) is 2.54. The van der Waals surface area contributed by atoms with Crippen molar-refractivity contribution in [2.45, 2.75) is 0 Å². The zero-order valence-corrected chi connectivity index (χ0v) is 9.06. The molecular formula is C11H8N2O2S. The van der Waals surface area contributed by atoms with Crippen LogP contribution in [0, 0.1) is 0 Å². The first-order valence-electron chi connectivity index (χ1n) is 4.83. The molecule has 0 aliphatic carbocycles. The molecule has 4 nitrogen and oxygen atoms in total. The summed E-state index contributed by atoms with van der Waals surface area (Å²) < 4.78 is 4.94. The van der Waals surface area contributed by atoms with Crippen molar-refractivity contribution in [1.29, 1.82) is 0 Å². The molecule has 0 spiro atoms. The number of thiocarbonyl (C=S) groups is 1. The molecule has 0 bridgehead atoms. The molecule has 16 heavy (non-hydrogen) atoms. The summed E-state index contributed by atoms with van der Waals surface area (Å²) in [5.74, 6) is -0.368. The van der Waals surface area contributed by atoms with E-state index in [0.29, 0.717) is 10.6 Å². The first kappa shape index (κ1) is 9.35. The maximum Gasteiger partial charge on any atom is 0.343 e. The molecule has 2 N–H and O–H groups in total. The first-order chi connectivity index (χ1) is 7.75. The highest BCUT2D eigenvalue weighted by molar-refractivity contribution is 7.81. The average Bonchev–Trinajstić information content (AvgIpc) is 2.56. The van der Waals surface area contributed by atoms with Crippen LogP contribution >= 0.6 is 12.2 Å². The Kier molecular flexibility index (Phi) is 1.94. The number of carbonyl (C=O) groups is 1. The van der Waals surface area contributed by atoms with Crippen molar-refractivity contribution in [3.63, 3.8) is 0 Å². The Morgan fingerprint density at radius 1 is 1.19 bits per heavy atom. The number of para-hydroxylation sites is 2. The van der Waals surface area contributed by atoms with Gasteiger partial charge in [0.15, 0.2) is 0 Å². The largest absolute Gasteiger partial charge is 0.456 e. The standard InChI is InChI=1S/C11H8N2O2S/c14-11-9-8(5-15-11)12-6-3-1-2-4-7(6)13-10(9)16/h1-4,12H,5H2,(H,13,16). The smallest absolute Gasteiger partial charge is 0.343 e. The van der Waals surface area contributed by atoms with Gasteiger partial charge in [-0.15, -0.1) is 0 Å². The van der Waals surface area contributed by atoms with E-state index in [0.717, 1.165) is 17.1 Å². The van der Waals surface area contributed by atoms with Crippen molar-refractivity contribution >= 4 is 34.6 Å². The minimum atomic E-state index is -0.368. The van der Waals surface area contributed by atoms with Gasteiger partial charge in [0.2, 0.25) is 0 Å². The van der Waals surface area contributed by atoms with Crippen LogP contribution in [-0.4, -0.2) is 17.6 Å². The summed E-state index contributed by atoms with van der Waals surface area (Å²) in [5.41, 5.74) is 2.93. The van der Waals surface area contributed by atoms with Crippen LogP contribution in [0.25, 0.3) is 0 Å². The molecule has 0 unspecified atom stereocenters. The Morgan fingerprint density at radius 2 is 1.88 bits per heavy atom. The molecule has 5 heteroatoms. The monoisotopic (exact) mass is 232 g/mol. The summed E-state index contributed by atoms with van der Waals surface area (Å²) in [5, 5.41) is 6.20. The summed E-state index contributed by atoms with van der Waals surface area (Å²) in [4.78, 5) is 11.9. The molecule has 0 saturated carbocycles. The third-order valence-corrected chi connectivity index (χ3v) is 2.85. The predicted octanol–water partition coefficient (Wildman–Crippen LogP) is 1.66. The maximum atomic E-state index is 11.5. The van der Waals surface area contributed by atoms with Crippen LogP contribution in [0.3, 0.4) is 0 Å². The van der Waals surface area contributed by atoms with Crippen LogP contribution in [0.5, 0.6) is 0 Å². The molecule has 3 rings (SSSR count). The lowest BCUT2D eigenvalue weighted by Gasteiger charge is -2.09. The van der Waals surface area contributed by atoms with Crippen molar-refractivity contribution in [2.75, 3.05) is 17.2 Å². The van der Waals surface area contributed by atoms with Gasteiger partial charge < -0.3 is 15.4 Å². The molecule has 2 aliphatic heterocycles. The topological polar surface area (TPSA) is 50.4 Å². The number of hydrogen-bond donors (Lipinski definition) is 2. The Hall–Kier alpha value is -1.88. The number of fused-ring (bicyclic) bond motifs is 1. The number of carbonyl (C=O) groups excluding carboxylic acids is 1. The van der Waals surface area contributed by atoms with Gasteiger partial charge in [0.1, 0.15) is 17.2 Å². The summed E-state index contributed by atoms with van der Waals surface area (Å²) in [6, 6.07) is 7.65. The second kappa shape index (κ2) is 3.31. The van der Waals surface area contributed by atoms with Crippen molar-refractivity contribution in [1.82, 2.24) is 0 Å². The number of anilines is 2. The second-order valence-electron chi connectivity index (χ2n) is 3.55. The minimum Gasteiger partial charge on any atom is -0.456 e. The second-order valence-corrected chi connectivity index (χ2v) is 3.96. The fraction of sp³-hybridized carbons (Fsp3) is 0.0909. The van der Waals surface area contributed by atoms with E-state index in [9.17, 15) is 4.79 Å². The zero-order valence-electron chi connectivity index (χ0n) is 8.24. The van der Waals surface area contributed by atoms with E-state index >= 15 is 0 Å². The van der Waals surface area contributed by atoms with Crippen LogP contribution in [0.15, 0.2) is 35.5 Å². The van der Waals surface area contributed by atoms with Crippen molar-refractivity contribution < 1.29 is 9.53 Å². The van der Waals surface area contributed by atoms with Crippen LogP contribution in [0.1, 0.15) is 0 Å². The summed E-state index contributed by atoms with van der Waals surface area (Å²) in [7, 11) is 0. The highest BCUT2D eigenvalue weighted by Crippen LogP contribution is 2.30. The van der Waals surface area contributed by atoms with Crippen molar-refractivity contribution in [3.8, 4) is 0 Å². The van der Waals surface area contributed by atoms with Crippen LogP contribution < -0.4 is 10.6 Å². The highest BCUT2D eigenvalue weighted by atomic mass is 32.1. The van der Waals surface area contributed by atoms with Crippen molar-refractivity contribution in [3.05, 3.63) is 35.5 Å². The third kappa shape index (κ3) is 1.29. The van der Waals surface area contributed by atoms with Gasteiger partial charge in [0.05, 0.1) is 17.1 Å². The predicted molar refractivity (Wildman–Crippen MR) is 64.3 cm³/mol. The Bertz CT molecular complexity index is 537. The number of rotatable bonds is 0. The van der Waals surface area contributed by atoms with Gasteiger partial charge in [0, 0.05) is 0 Å². The first-order valence-corrected chi connectivity index (χ1v) is 5.24. The molecule has 2 heterocycles. The van der Waals surface area contributed by atoms with Gasteiger partial charge in [-0.2, -0.15) is 0 Å². The molecule has 0 saturated heterocycles. The molecule has 0 amide bonds. The number of esters is 1. The normalized spacial score (nSPS) is 18.0. The molecule has 0 atom stereocenters.